The van der Waals surface area contributed by atoms with Crippen molar-refractivity contribution in [3.63, 3.8) is 0 Å². The molecule has 1 unspecified atom stereocenters. The fourth-order valence-corrected chi connectivity index (χ4v) is 4.64. The summed E-state index contributed by atoms with van der Waals surface area (Å²) in [6.07, 6.45) is 3.15. The maximum absolute atomic E-state index is 13.7. The molecule has 0 radical (unpaired) electrons. The molecule has 0 fully saturated rings. The smallest absolute Gasteiger partial charge is 0.244 e. The molecule has 0 saturated carbocycles. The van der Waals surface area contributed by atoms with Gasteiger partial charge in [-0.2, -0.15) is 0 Å². The Labute approximate surface area is 214 Å². The van der Waals surface area contributed by atoms with E-state index >= 15 is 0 Å². The van der Waals surface area contributed by atoms with Gasteiger partial charge in [0.1, 0.15) is 24.1 Å². The Hall–Kier alpha value is -3.27. The molecule has 0 spiro atoms. The van der Waals surface area contributed by atoms with Crippen molar-refractivity contribution in [2.45, 2.75) is 45.7 Å². The molecule has 2 rings (SSSR count). The molecule has 2 aromatic rings. The SMILES string of the molecule is CCCCNC(=O)C(CC)N(Cc1ccc(OC)cc1)C(=O)CN(c1ccccc1OC)S(C)(=O)=O. The summed E-state index contributed by atoms with van der Waals surface area (Å²) in [7, 11) is -0.841. The number of para-hydroxylation sites is 2. The molecule has 0 bridgehead atoms. The number of sulfonamides is 1. The van der Waals surface area contributed by atoms with Crippen molar-refractivity contribution in [1.82, 2.24) is 10.2 Å². The molecule has 0 aromatic heterocycles. The van der Waals surface area contributed by atoms with Crippen molar-refractivity contribution in [2.24, 2.45) is 0 Å². The second-order valence-electron chi connectivity index (χ2n) is 8.38. The van der Waals surface area contributed by atoms with Crippen LogP contribution in [0.15, 0.2) is 48.5 Å². The van der Waals surface area contributed by atoms with Gasteiger partial charge in [0.05, 0.1) is 26.2 Å². The van der Waals surface area contributed by atoms with Gasteiger partial charge in [-0.25, -0.2) is 8.42 Å². The molecule has 36 heavy (non-hydrogen) atoms. The number of nitrogens with one attached hydrogen (secondary N) is 1. The predicted octanol–water partition coefficient (Wildman–Crippen LogP) is 3.19. The number of carbonyl (C=O) groups excluding carboxylic acids is 2. The Bertz CT molecular complexity index is 1100. The fourth-order valence-electron chi connectivity index (χ4n) is 3.78. The lowest BCUT2D eigenvalue weighted by Crippen LogP contribution is -2.52. The van der Waals surface area contributed by atoms with E-state index < -0.39 is 28.5 Å². The van der Waals surface area contributed by atoms with Gasteiger partial charge < -0.3 is 19.7 Å². The number of rotatable bonds is 14. The van der Waals surface area contributed by atoms with Gasteiger partial charge >= 0.3 is 0 Å². The maximum atomic E-state index is 13.7. The number of methoxy groups -OCH3 is 2. The highest BCUT2D eigenvalue weighted by atomic mass is 32.2. The van der Waals surface area contributed by atoms with Crippen molar-refractivity contribution in [3.8, 4) is 11.5 Å². The summed E-state index contributed by atoms with van der Waals surface area (Å²) in [4.78, 5) is 28.2. The Balaban J connectivity index is 2.43. The van der Waals surface area contributed by atoms with Crippen molar-refractivity contribution >= 4 is 27.5 Å². The lowest BCUT2D eigenvalue weighted by Gasteiger charge is -2.33. The average molecular weight is 520 g/mol. The third kappa shape index (κ3) is 7.87. The van der Waals surface area contributed by atoms with Crippen LogP contribution in [0.4, 0.5) is 5.69 Å². The van der Waals surface area contributed by atoms with Crippen LogP contribution in [0.3, 0.4) is 0 Å². The average Bonchev–Trinajstić information content (AvgIpc) is 2.86. The van der Waals surface area contributed by atoms with E-state index in [2.05, 4.69) is 5.32 Å². The van der Waals surface area contributed by atoms with Gasteiger partial charge in [-0.15, -0.1) is 0 Å². The summed E-state index contributed by atoms with van der Waals surface area (Å²) < 4.78 is 37.0. The number of hydrogen-bond donors (Lipinski definition) is 1. The van der Waals surface area contributed by atoms with E-state index in [1.807, 2.05) is 26.0 Å². The highest BCUT2D eigenvalue weighted by Gasteiger charge is 2.32. The first kappa shape index (κ1) is 29.0. The minimum atomic E-state index is -3.84. The molecule has 0 aliphatic rings. The van der Waals surface area contributed by atoms with Gasteiger partial charge in [0.2, 0.25) is 21.8 Å². The summed E-state index contributed by atoms with van der Waals surface area (Å²) >= 11 is 0. The van der Waals surface area contributed by atoms with E-state index in [0.29, 0.717) is 24.5 Å². The first-order valence-electron chi connectivity index (χ1n) is 12.0. The number of hydrogen-bond acceptors (Lipinski definition) is 6. The Morgan fingerprint density at radius 3 is 2.22 bits per heavy atom. The Morgan fingerprint density at radius 2 is 1.67 bits per heavy atom. The molecule has 0 aliphatic carbocycles. The number of carbonyl (C=O) groups is 2. The normalized spacial score (nSPS) is 11.9. The van der Waals surface area contributed by atoms with E-state index in [0.717, 1.165) is 29.0 Å². The van der Waals surface area contributed by atoms with Gasteiger partial charge in [0, 0.05) is 13.1 Å². The Kier molecular flexibility index (Phi) is 11.0. The van der Waals surface area contributed by atoms with Crippen LogP contribution in [0.25, 0.3) is 0 Å². The second kappa shape index (κ2) is 13.7. The van der Waals surface area contributed by atoms with Gasteiger partial charge in [-0.1, -0.05) is 44.5 Å². The predicted molar refractivity (Wildman–Crippen MR) is 141 cm³/mol. The lowest BCUT2D eigenvalue weighted by molar-refractivity contribution is -0.140. The number of ether oxygens (including phenoxy) is 2. The van der Waals surface area contributed by atoms with Crippen LogP contribution >= 0.6 is 0 Å². The molecule has 1 N–H and O–H groups in total. The van der Waals surface area contributed by atoms with E-state index in [1.165, 1.54) is 12.0 Å². The van der Waals surface area contributed by atoms with Crippen LogP contribution < -0.4 is 19.1 Å². The summed E-state index contributed by atoms with van der Waals surface area (Å²) in [5.74, 6) is 0.220. The van der Waals surface area contributed by atoms with Crippen LogP contribution in [0.2, 0.25) is 0 Å². The van der Waals surface area contributed by atoms with Gasteiger partial charge in [0.25, 0.3) is 0 Å². The molecule has 198 valence electrons. The Morgan fingerprint density at radius 1 is 1.00 bits per heavy atom. The molecule has 10 heteroatoms. The first-order valence-corrected chi connectivity index (χ1v) is 13.8. The summed E-state index contributed by atoms with van der Waals surface area (Å²) in [5, 5.41) is 2.90. The van der Waals surface area contributed by atoms with Gasteiger partial charge in [-0.3, -0.25) is 13.9 Å². The first-order chi connectivity index (χ1) is 17.2. The zero-order chi connectivity index (χ0) is 26.7. The van der Waals surface area contributed by atoms with Crippen molar-refractivity contribution < 1.29 is 27.5 Å². The van der Waals surface area contributed by atoms with Crippen LogP contribution in [0, 0.1) is 0 Å². The molecule has 2 aromatic carbocycles. The highest BCUT2D eigenvalue weighted by Crippen LogP contribution is 2.29. The minimum absolute atomic E-state index is 0.131. The quantitative estimate of drug-likeness (QED) is 0.385. The van der Waals surface area contributed by atoms with Crippen LogP contribution in [-0.4, -0.2) is 64.7 Å². The zero-order valence-electron chi connectivity index (χ0n) is 21.7. The van der Waals surface area contributed by atoms with Gasteiger partial charge in [0.15, 0.2) is 0 Å². The highest BCUT2D eigenvalue weighted by molar-refractivity contribution is 7.92. The molecule has 0 heterocycles. The van der Waals surface area contributed by atoms with E-state index in [1.54, 1.807) is 43.5 Å². The number of amides is 2. The topological polar surface area (TPSA) is 105 Å². The third-order valence-electron chi connectivity index (χ3n) is 5.76. The standard InChI is InChI=1S/C26H37N3O6S/c1-6-8-17-27-26(31)22(7-2)28(18-20-13-15-21(34-3)16-14-20)25(30)19-29(36(5,32)33)23-11-9-10-12-24(23)35-4/h9-16,22H,6-8,17-19H2,1-5H3,(H,27,31). The van der Waals surface area contributed by atoms with Crippen LogP contribution in [0.5, 0.6) is 11.5 Å². The molecule has 2 amide bonds. The van der Waals surface area contributed by atoms with E-state index in [4.69, 9.17) is 9.47 Å². The molecule has 9 nitrogen and oxygen atoms in total. The molecule has 0 aliphatic heterocycles. The summed E-state index contributed by atoms with van der Waals surface area (Å²) in [6, 6.07) is 13.0. The molecule has 1 atom stereocenters. The largest absolute Gasteiger partial charge is 0.497 e. The van der Waals surface area contributed by atoms with Crippen molar-refractivity contribution in [3.05, 3.63) is 54.1 Å². The van der Waals surface area contributed by atoms with Crippen LogP contribution in [0.1, 0.15) is 38.7 Å². The van der Waals surface area contributed by atoms with E-state index in [-0.39, 0.29) is 18.1 Å². The van der Waals surface area contributed by atoms with Crippen LogP contribution in [-0.2, 0) is 26.2 Å². The van der Waals surface area contributed by atoms with Crippen molar-refractivity contribution in [1.29, 1.82) is 0 Å². The number of nitrogens with zero attached hydrogens (tertiary/aromatic N) is 2. The number of benzene rings is 2. The third-order valence-corrected chi connectivity index (χ3v) is 6.89. The maximum Gasteiger partial charge on any atom is 0.244 e. The summed E-state index contributed by atoms with van der Waals surface area (Å²) in [5.41, 5.74) is 1.04. The van der Waals surface area contributed by atoms with E-state index in [9.17, 15) is 18.0 Å². The van der Waals surface area contributed by atoms with Gasteiger partial charge in [-0.05, 0) is 42.7 Å². The number of anilines is 1. The molecular weight excluding hydrogens is 482 g/mol. The minimum Gasteiger partial charge on any atom is -0.497 e. The fraction of sp³-hybridized carbons (Fsp3) is 0.462. The van der Waals surface area contributed by atoms with Crippen molar-refractivity contribution in [2.75, 3.05) is 37.9 Å². The molecular formula is C26H37N3O6S. The zero-order valence-corrected chi connectivity index (χ0v) is 22.5. The number of unbranched alkanes of at least 4 members (excludes halogenated alkanes) is 1. The lowest BCUT2D eigenvalue weighted by atomic mass is 10.1. The monoisotopic (exact) mass is 519 g/mol. The molecule has 0 saturated heterocycles. The summed E-state index contributed by atoms with van der Waals surface area (Å²) in [6.45, 7) is 4.01. The second-order valence-corrected chi connectivity index (χ2v) is 10.3.